The largest absolute Gasteiger partial charge is 0.393 e. The highest BCUT2D eigenvalue weighted by Crippen LogP contribution is 2.40. The lowest BCUT2D eigenvalue weighted by atomic mass is 9.68. The van der Waals surface area contributed by atoms with E-state index in [0.29, 0.717) is 11.3 Å². The van der Waals surface area contributed by atoms with Crippen molar-refractivity contribution in [3.05, 3.63) is 30.1 Å². The third-order valence-corrected chi connectivity index (χ3v) is 4.92. The molecule has 1 fully saturated rings. The summed E-state index contributed by atoms with van der Waals surface area (Å²) < 4.78 is 0. The fraction of sp³-hybridized carbons (Fsp3) is 0.722. The molecule has 3 unspecified atom stereocenters. The Kier molecular flexibility index (Phi) is 5.39. The highest BCUT2D eigenvalue weighted by Gasteiger charge is 2.35. The first-order valence-electron chi connectivity index (χ1n) is 8.12. The van der Waals surface area contributed by atoms with Crippen molar-refractivity contribution in [1.82, 2.24) is 9.88 Å². The van der Waals surface area contributed by atoms with Gasteiger partial charge in [0.2, 0.25) is 0 Å². The Morgan fingerprint density at radius 1 is 1.24 bits per heavy atom. The molecule has 3 heteroatoms. The maximum Gasteiger partial charge on any atom is 0.0580 e. The minimum atomic E-state index is -0.136. The Balaban J connectivity index is 1.91. The number of aromatic nitrogens is 1. The fourth-order valence-electron chi connectivity index (χ4n) is 3.50. The third kappa shape index (κ3) is 4.79. The van der Waals surface area contributed by atoms with Crippen LogP contribution in [0.15, 0.2) is 24.5 Å². The summed E-state index contributed by atoms with van der Waals surface area (Å²) in [5.41, 5.74) is 1.63. The number of hydrogen-bond donors (Lipinski definition) is 1. The van der Waals surface area contributed by atoms with Crippen LogP contribution < -0.4 is 0 Å². The zero-order valence-corrected chi connectivity index (χ0v) is 13.9. The molecule has 1 saturated carbocycles. The molecule has 0 aromatic carbocycles. The van der Waals surface area contributed by atoms with Crippen molar-refractivity contribution in [3.8, 4) is 0 Å². The van der Waals surface area contributed by atoms with Crippen LogP contribution in [0.4, 0.5) is 0 Å². The molecule has 0 amide bonds. The molecule has 1 aromatic rings. The summed E-state index contributed by atoms with van der Waals surface area (Å²) in [4.78, 5) is 6.39. The molecular formula is C18H30N2O. The van der Waals surface area contributed by atoms with Crippen molar-refractivity contribution in [2.45, 2.75) is 52.7 Å². The first-order chi connectivity index (χ1) is 9.86. The van der Waals surface area contributed by atoms with E-state index in [1.807, 2.05) is 12.4 Å². The molecular weight excluding hydrogens is 260 g/mol. The van der Waals surface area contributed by atoms with Gasteiger partial charge in [-0.3, -0.25) is 4.98 Å². The average molecular weight is 290 g/mol. The Morgan fingerprint density at radius 3 is 2.52 bits per heavy atom. The molecule has 118 valence electrons. The van der Waals surface area contributed by atoms with Gasteiger partial charge in [0.1, 0.15) is 0 Å². The van der Waals surface area contributed by atoms with E-state index in [1.54, 1.807) is 0 Å². The summed E-state index contributed by atoms with van der Waals surface area (Å²) in [7, 11) is 2.15. The van der Waals surface area contributed by atoms with Gasteiger partial charge in [0.15, 0.2) is 0 Å². The minimum Gasteiger partial charge on any atom is -0.393 e. The normalized spacial score (nSPS) is 27.0. The molecule has 2 rings (SSSR count). The van der Waals surface area contributed by atoms with Crippen LogP contribution in [0.5, 0.6) is 0 Å². The second-order valence-electron chi connectivity index (χ2n) is 7.76. The maximum atomic E-state index is 10.3. The van der Waals surface area contributed by atoms with Crippen molar-refractivity contribution in [2.24, 2.45) is 17.3 Å². The van der Waals surface area contributed by atoms with Gasteiger partial charge in [0.05, 0.1) is 6.10 Å². The number of rotatable bonds is 4. The third-order valence-electron chi connectivity index (χ3n) is 4.92. The van der Waals surface area contributed by atoms with E-state index in [4.69, 9.17) is 0 Å². The molecule has 1 aliphatic carbocycles. The predicted octanol–water partition coefficient (Wildman–Crippen LogP) is 3.34. The highest BCUT2D eigenvalue weighted by molar-refractivity contribution is 5.09. The van der Waals surface area contributed by atoms with Crippen LogP contribution >= 0.6 is 0 Å². The summed E-state index contributed by atoms with van der Waals surface area (Å²) in [6.07, 6.45) is 6.81. The topological polar surface area (TPSA) is 36.4 Å². The van der Waals surface area contributed by atoms with Crippen LogP contribution in [-0.4, -0.2) is 34.7 Å². The van der Waals surface area contributed by atoms with Crippen LogP contribution in [-0.2, 0) is 6.54 Å². The van der Waals surface area contributed by atoms with Crippen molar-refractivity contribution >= 4 is 0 Å². The SMILES string of the molecule is CN(Cc1ccncc1)CC1CC(C(C)(C)C)CCC1O. The summed E-state index contributed by atoms with van der Waals surface area (Å²) in [6, 6.07) is 4.12. The summed E-state index contributed by atoms with van der Waals surface area (Å²) in [5.74, 6) is 1.12. The van der Waals surface area contributed by atoms with Gasteiger partial charge in [-0.25, -0.2) is 0 Å². The Morgan fingerprint density at radius 2 is 1.90 bits per heavy atom. The molecule has 3 nitrogen and oxygen atoms in total. The van der Waals surface area contributed by atoms with Crippen LogP contribution in [0.3, 0.4) is 0 Å². The lowest BCUT2D eigenvalue weighted by Crippen LogP contribution is -2.40. The molecule has 21 heavy (non-hydrogen) atoms. The van der Waals surface area contributed by atoms with E-state index in [9.17, 15) is 5.11 Å². The van der Waals surface area contributed by atoms with E-state index in [1.165, 1.54) is 5.56 Å². The molecule has 3 atom stereocenters. The number of hydrogen-bond acceptors (Lipinski definition) is 3. The van der Waals surface area contributed by atoms with Gasteiger partial charge in [-0.05, 0) is 61.3 Å². The summed E-state index contributed by atoms with van der Waals surface area (Å²) in [5, 5.41) is 10.3. The molecule has 0 radical (unpaired) electrons. The molecule has 1 aliphatic rings. The van der Waals surface area contributed by atoms with Gasteiger partial charge in [-0.2, -0.15) is 0 Å². The van der Waals surface area contributed by atoms with Crippen molar-refractivity contribution in [2.75, 3.05) is 13.6 Å². The zero-order valence-electron chi connectivity index (χ0n) is 13.9. The standard InChI is InChI=1S/C18H30N2O/c1-18(2,3)16-5-6-17(21)15(11-16)13-20(4)12-14-7-9-19-10-8-14/h7-10,15-17,21H,5-6,11-13H2,1-4H3. The summed E-state index contributed by atoms with van der Waals surface area (Å²) >= 11 is 0. The van der Waals surface area contributed by atoms with Gasteiger partial charge in [0.25, 0.3) is 0 Å². The first-order valence-corrected chi connectivity index (χ1v) is 8.12. The van der Waals surface area contributed by atoms with Crippen molar-refractivity contribution in [1.29, 1.82) is 0 Å². The van der Waals surface area contributed by atoms with E-state index < -0.39 is 0 Å². The highest BCUT2D eigenvalue weighted by atomic mass is 16.3. The zero-order chi connectivity index (χ0) is 15.5. The average Bonchev–Trinajstić information content (AvgIpc) is 2.41. The molecule has 0 bridgehead atoms. The molecule has 0 aliphatic heterocycles. The van der Waals surface area contributed by atoms with Gasteiger partial charge >= 0.3 is 0 Å². The fourth-order valence-corrected chi connectivity index (χ4v) is 3.50. The maximum absolute atomic E-state index is 10.3. The van der Waals surface area contributed by atoms with E-state index in [-0.39, 0.29) is 6.10 Å². The van der Waals surface area contributed by atoms with Crippen LogP contribution in [0, 0.1) is 17.3 Å². The molecule has 1 N–H and O–H groups in total. The van der Waals surface area contributed by atoms with Gasteiger partial charge in [0, 0.05) is 25.5 Å². The molecule has 0 saturated heterocycles. The monoisotopic (exact) mass is 290 g/mol. The van der Waals surface area contributed by atoms with Gasteiger partial charge in [-0.15, -0.1) is 0 Å². The molecule has 1 aromatic heterocycles. The minimum absolute atomic E-state index is 0.136. The number of aliphatic hydroxyl groups is 1. The lowest BCUT2D eigenvalue weighted by molar-refractivity contribution is 0.00559. The second-order valence-corrected chi connectivity index (χ2v) is 7.76. The van der Waals surface area contributed by atoms with Crippen molar-refractivity contribution in [3.63, 3.8) is 0 Å². The lowest BCUT2D eigenvalue weighted by Gasteiger charge is -2.41. The second kappa shape index (κ2) is 6.89. The summed E-state index contributed by atoms with van der Waals surface area (Å²) in [6.45, 7) is 8.87. The Labute approximate surface area is 129 Å². The Bertz CT molecular complexity index is 427. The number of aliphatic hydroxyl groups excluding tert-OH is 1. The van der Waals surface area contributed by atoms with Gasteiger partial charge < -0.3 is 10.0 Å². The smallest absolute Gasteiger partial charge is 0.0580 e. The Hall–Kier alpha value is -0.930. The van der Waals surface area contributed by atoms with Gasteiger partial charge in [-0.1, -0.05) is 20.8 Å². The van der Waals surface area contributed by atoms with Crippen molar-refractivity contribution < 1.29 is 5.11 Å². The van der Waals surface area contributed by atoms with Crippen LogP contribution in [0.1, 0.15) is 45.6 Å². The number of pyridine rings is 1. The van der Waals surface area contributed by atoms with E-state index in [2.05, 4.69) is 49.8 Å². The van der Waals surface area contributed by atoms with Crippen LogP contribution in [0.25, 0.3) is 0 Å². The van der Waals surface area contributed by atoms with E-state index in [0.717, 1.165) is 38.3 Å². The van der Waals surface area contributed by atoms with E-state index >= 15 is 0 Å². The quantitative estimate of drug-likeness (QED) is 0.924. The molecule has 0 spiro atoms. The predicted molar refractivity (Wildman–Crippen MR) is 86.9 cm³/mol. The first kappa shape index (κ1) is 16.4. The molecule has 1 heterocycles. The van der Waals surface area contributed by atoms with Crippen LogP contribution in [0.2, 0.25) is 0 Å². The number of nitrogens with zero attached hydrogens (tertiary/aromatic N) is 2.